The molecule has 1 aromatic carbocycles. The van der Waals surface area contributed by atoms with E-state index in [1.165, 1.54) is 11.8 Å². The number of hydrogen-bond acceptors (Lipinski definition) is 5. The van der Waals surface area contributed by atoms with E-state index in [1.54, 1.807) is 6.26 Å². The third-order valence-electron chi connectivity index (χ3n) is 3.61. The van der Waals surface area contributed by atoms with Crippen LogP contribution in [0.4, 0.5) is 0 Å². The van der Waals surface area contributed by atoms with Crippen LogP contribution in [0, 0.1) is 0 Å². The molecule has 7 heteroatoms. The first-order valence-electron chi connectivity index (χ1n) is 8.30. The van der Waals surface area contributed by atoms with E-state index in [1.807, 2.05) is 30.3 Å². The third-order valence-corrected chi connectivity index (χ3v) is 4.58. The minimum absolute atomic E-state index is 0. The van der Waals surface area contributed by atoms with Crippen molar-refractivity contribution < 1.29 is 9.21 Å². The molecule has 0 bridgehead atoms. The summed E-state index contributed by atoms with van der Waals surface area (Å²) < 4.78 is 5.49. The second-order valence-corrected chi connectivity index (χ2v) is 6.63. The van der Waals surface area contributed by atoms with Gasteiger partial charge in [0.05, 0.1) is 11.4 Å². The summed E-state index contributed by atoms with van der Waals surface area (Å²) >= 11 is 1.52. The molecule has 1 aromatic heterocycles. The van der Waals surface area contributed by atoms with Crippen LogP contribution < -0.4 is 11.1 Å². The van der Waals surface area contributed by atoms with Crippen LogP contribution in [0.5, 0.6) is 0 Å². The summed E-state index contributed by atoms with van der Waals surface area (Å²) in [6.45, 7) is 2.62. The van der Waals surface area contributed by atoms with Crippen molar-refractivity contribution in [3.05, 3.63) is 42.3 Å². The molecular formula is C18H26ClN3O2S. The van der Waals surface area contributed by atoms with E-state index in [0.29, 0.717) is 23.9 Å². The lowest BCUT2D eigenvalue weighted by molar-refractivity contribution is -0.119. The lowest BCUT2D eigenvalue weighted by Gasteiger charge is -2.16. The summed E-state index contributed by atoms with van der Waals surface area (Å²) in [4.78, 5) is 16.4. The molecular weight excluding hydrogens is 358 g/mol. The van der Waals surface area contributed by atoms with Crippen LogP contribution in [0.15, 0.2) is 41.0 Å². The van der Waals surface area contributed by atoms with Gasteiger partial charge in [0.15, 0.2) is 0 Å². The largest absolute Gasteiger partial charge is 0.444 e. The number of halogens is 1. The van der Waals surface area contributed by atoms with Crippen LogP contribution in [0.2, 0.25) is 0 Å². The molecule has 5 nitrogen and oxygen atoms in total. The summed E-state index contributed by atoms with van der Waals surface area (Å²) in [6, 6.07) is 9.85. The van der Waals surface area contributed by atoms with E-state index in [0.717, 1.165) is 30.5 Å². The molecule has 0 saturated carbocycles. The molecule has 25 heavy (non-hydrogen) atoms. The Hall–Kier alpha value is -1.50. The molecule has 0 aliphatic heterocycles. The van der Waals surface area contributed by atoms with Crippen molar-refractivity contribution in [1.82, 2.24) is 10.3 Å². The molecule has 0 saturated heterocycles. The molecule has 1 atom stereocenters. The smallest absolute Gasteiger partial charge is 0.230 e. The van der Waals surface area contributed by atoms with Crippen molar-refractivity contribution in [3.8, 4) is 11.5 Å². The molecule has 0 aliphatic rings. The Labute approximate surface area is 159 Å². The van der Waals surface area contributed by atoms with Crippen LogP contribution >= 0.6 is 24.2 Å². The zero-order valence-electron chi connectivity index (χ0n) is 14.4. The predicted molar refractivity (Wildman–Crippen MR) is 106 cm³/mol. The molecule has 1 amide bonds. The number of nitrogens with zero attached hydrogens (tertiary/aromatic N) is 1. The number of aromatic nitrogens is 1. The number of nitrogens with one attached hydrogen (secondary N) is 1. The number of amides is 1. The Kier molecular flexibility index (Phi) is 10.3. The SMILES string of the molecule is CCCCC(CN)NC(=O)CSCc1coc(-c2ccccc2)n1.Cl. The van der Waals surface area contributed by atoms with Gasteiger partial charge in [0.1, 0.15) is 6.26 Å². The van der Waals surface area contributed by atoms with Gasteiger partial charge in [0, 0.05) is 23.9 Å². The van der Waals surface area contributed by atoms with E-state index in [2.05, 4.69) is 17.2 Å². The quantitative estimate of drug-likeness (QED) is 0.654. The van der Waals surface area contributed by atoms with Crippen LogP contribution in [-0.2, 0) is 10.5 Å². The maximum absolute atomic E-state index is 12.0. The van der Waals surface area contributed by atoms with E-state index < -0.39 is 0 Å². The lowest BCUT2D eigenvalue weighted by atomic mass is 10.1. The Morgan fingerprint density at radius 3 is 2.80 bits per heavy atom. The van der Waals surface area contributed by atoms with Crippen molar-refractivity contribution in [2.24, 2.45) is 5.73 Å². The Balaban J connectivity index is 0.00000312. The van der Waals surface area contributed by atoms with Gasteiger partial charge in [0.2, 0.25) is 11.8 Å². The Morgan fingerprint density at radius 1 is 1.36 bits per heavy atom. The first kappa shape index (κ1) is 21.5. The number of carbonyl (C=O) groups is 1. The second kappa shape index (κ2) is 12.0. The normalized spacial score (nSPS) is 11.6. The lowest BCUT2D eigenvalue weighted by Crippen LogP contribution is -2.41. The first-order valence-corrected chi connectivity index (χ1v) is 9.45. The molecule has 0 spiro atoms. The fourth-order valence-electron chi connectivity index (χ4n) is 2.30. The van der Waals surface area contributed by atoms with Crippen LogP contribution in [0.3, 0.4) is 0 Å². The first-order chi connectivity index (χ1) is 11.7. The van der Waals surface area contributed by atoms with Crippen molar-refractivity contribution in [2.75, 3.05) is 12.3 Å². The number of benzene rings is 1. The standard InChI is InChI=1S/C18H25N3O2S.ClH/c1-2-3-9-15(10-19)20-17(22)13-24-12-16-11-23-18(21-16)14-7-5-4-6-8-14;/h4-8,11,15H,2-3,9-10,12-13,19H2,1H3,(H,20,22);1H. The van der Waals surface area contributed by atoms with Crippen molar-refractivity contribution in [1.29, 1.82) is 0 Å². The van der Waals surface area contributed by atoms with Gasteiger partial charge < -0.3 is 15.5 Å². The van der Waals surface area contributed by atoms with E-state index in [9.17, 15) is 4.79 Å². The highest BCUT2D eigenvalue weighted by Crippen LogP contribution is 2.20. The van der Waals surface area contributed by atoms with E-state index in [-0.39, 0.29) is 24.4 Å². The average molecular weight is 384 g/mol. The highest BCUT2D eigenvalue weighted by Gasteiger charge is 2.11. The number of unbranched alkanes of at least 4 members (excludes halogenated alkanes) is 1. The molecule has 0 radical (unpaired) electrons. The number of nitrogens with two attached hydrogens (primary N) is 1. The minimum Gasteiger partial charge on any atom is -0.444 e. The molecule has 1 unspecified atom stereocenters. The molecule has 0 fully saturated rings. The topological polar surface area (TPSA) is 81.1 Å². The average Bonchev–Trinajstić information content (AvgIpc) is 3.08. The zero-order valence-corrected chi connectivity index (χ0v) is 16.1. The van der Waals surface area contributed by atoms with E-state index in [4.69, 9.17) is 10.2 Å². The van der Waals surface area contributed by atoms with Gasteiger partial charge >= 0.3 is 0 Å². The monoisotopic (exact) mass is 383 g/mol. The third kappa shape index (κ3) is 7.50. The summed E-state index contributed by atoms with van der Waals surface area (Å²) in [5.74, 6) is 1.68. The van der Waals surface area contributed by atoms with Crippen LogP contribution in [0.1, 0.15) is 31.9 Å². The number of rotatable bonds is 10. The van der Waals surface area contributed by atoms with Gasteiger partial charge in [-0.15, -0.1) is 24.2 Å². The predicted octanol–water partition coefficient (Wildman–Crippen LogP) is 3.63. The number of carbonyl (C=O) groups excluding carboxylic acids is 1. The van der Waals surface area contributed by atoms with Gasteiger partial charge in [-0.2, -0.15) is 0 Å². The zero-order chi connectivity index (χ0) is 17.2. The number of hydrogen-bond donors (Lipinski definition) is 2. The highest BCUT2D eigenvalue weighted by atomic mass is 35.5. The second-order valence-electron chi connectivity index (χ2n) is 5.65. The van der Waals surface area contributed by atoms with E-state index >= 15 is 0 Å². The van der Waals surface area contributed by atoms with Gasteiger partial charge in [-0.25, -0.2) is 4.98 Å². The molecule has 3 N–H and O–H groups in total. The number of thioether (sulfide) groups is 1. The fraction of sp³-hybridized carbons (Fsp3) is 0.444. The van der Waals surface area contributed by atoms with Crippen LogP contribution in [0.25, 0.3) is 11.5 Å². The summed E-state index contributed by atoms with van der Waals surface area (Å²) in [5, 5.41) is 2.99. The van der Waals surface area contributed by atoms with Crippen LogP contribution in [-0.4, -0.2) is 29.2 Å². The van der Waals surface area contributed by atoms with Crippen molar-refractivity contribution in [3.63, 3.8) is 0 Å². The maximum Gasteiger partial charge on any atom is 0.230 e. The maximum atomic E-state index is 12.0. The molecule has 0 aliphatic carbocycles. The highest BCUT2D eigenvalue weighted by molar-refractivity contribution is 7.99. The summed E-state index contributed by atoms with van der Waals surface area (Å²) in [7, 11) is 0. The van der Waals surface area contributed by atoms with Gasteiger partial charge in [-0.1, -0.05) is 38.0 Å². The fourth-order valence-corrected chi connectivity index (χ4v) is 3.02. The van der Waals surface area contributed by atoms with Gasteiger partial charge in [-0.05, 0) is 18.6 Å². The van der Waals surface area contributed by atoms with Crippen molar-refractivity contribution >= 4 is 30.1 Å². The number of oxazole rings is 1. The molecule has 138 valence electrons. The minimum atomic E-state index is 0. The summed E-state index contributed by atoms with van der Waals surface area (Å²) in [5.41, 5.74) is 7.49. The Morgan fingerprint density at radius 2 is 2.12 bits per heavy atom. The molecule has 2 rings (SSSR count). The van der Waals surface area contributed by atoms with Gasteiger partial charge in [-0.3, -0.25) is 4.79 Å². The molecule has 1 heterocycles. The summed E-state index contributed by atoms with van der Waals surface area (Å²) in [6.07, 6.45) is 4.78. The van der Waals surface area contributed by atoms with Crippen molar-refractivity contribution in [2.45, 2.75) is 38.0 Å². The Bertz CT molecular complexity index is 622. The van der Waals surface area contributed by atoms with Gasteiger partial charge in [0.25, 0.3) is 0 Å². The molecule has 2 aromatic rings.